The number of rotatable bonds is 7. The summed E-state index contributed by atoms with van der Waals surface area (Å²) in [4.78, 5) is 21.6. The molecular formula is C14H19NO4. The second kappa shape index (κ2) is 7.41. The molecule has 0 saturated heterocycles. The molecule has 0 spiro atoms. The second-order valence-corrected chi connectivity index (χ2v) is 4.30. The molecule has 5 nitrogen and oxygen atoms in total. The molecule has 0 aliphatic carbocycles. The zero-order valence-electron chi connectivity index (χ0n) is 11.2. The van der Waals surface area contributed by atoms with Crippen molar-refractivity contribution in [2.45, 2.75) is 26.2 Å². The number of hydrogen-bond acceptors (Lipinski definition) is 3. The van der Waals surface area contributed by atoms with E-state index in [0.29, 0.717) is 13.0 Å². The van der Waals surface area contributed by atoms with E-state index in [9.17, 15) is 9.59 Å². The Kier molecular flexibility index (Phi) is 5.85. The summed E-state index contributed by atoms with van der Waals surface area (Å²) in [6.07, 6.45) is 0.576. The molecular weight excluding hydrogens is 246 g/mol. The lowest BCUT2D eigenvalue weighted by Gasteiger charge is -2.08. The summed E-state index contributed by atoms with van der Waals surface area (Å²) in [7, 11) is 1.62. The number of nitrogens with one attached hydrogen (secondary N) is 1. The molecule has 5 heteroatoms. The molecule has 1 amide bonds. The standard InChI is InChI=1S/C14H19NO4/c1-10-3-4-11(9-12(10)19-2)7-8-15-13(16)5-6-14(17)18/h3-4,9H,5-8H2,1-2H3,(H,15,16)(H,17,18). The molecule has 0 bridgehead atoms. The van der Waals surface area contributed by atoms with Gasteiger partial charge in [-0.05, 0) is 30.5 Å². The van der Waals surface area contributed by atoms with E-state index in [1.807, 2.05) is 25.1 Å². The highest BCUT2D eigenvalue weighted by molar-refractivity contribution is 5.80. The number of carbonyl (C=O) groups is 2. The molecule has 2 N–H and O–H groups in total. The Morgan fingerprint density at radius 2 is 2.05 bits per heavy atom. The number of ether oxygens (including phenoxy) is 1. The number of aliphatic carboxylic acids is 1. The maximum absolute atomic E-state index is 11.3. The minimum atomic E-state index is -0.960. The first-order chi connectivity index (χ1) is 9.02. The highest BCUT2D eigenvalue weighted by Gasteiger charge is 2.05. The maximum atomic E-state index is 11.3. The zero-order valence-corrected chi connectivity index (χ0v) is 11.2. The van der Waals surface area contributed by atoms with Crippen LogP contribution in [0.25, 0.3) is 0 Å². The summed E-state index contributed by atoms with van der Waals surface area (Å²) in [6.45, 7) is 2.46. The summed E-state index contributed by atoms with van der Waals surface area (Å²) in [5.41, 5.74) is 2.14. The van der Waals surface area contributed by atoms with E-state index in [1.165, 1.54) is 0 Å². The van der Waals surface area contributed by atoms with Crippen LogP contribution in [0.5, 0.6) is 5.75 Å². The Hall–Kier alpha value is -2.04. The molecule has 0 radical (unpaired) electrons. The fourth-order valence-corrected chi connectivity index (χ4v) is 1.68. The quantitative estimate of drug-likeness (QED) is 0.784. The lowest BCUT2D eigenvalue weighted by molar-refractivity contribution is -0.138. The maximum Gasteiger partial charge on any atom is 0.303 e. The molecule has 0 aliphatic rings. The molecule has 0 unspecified atom stereocenters. The molecule has 0 atom stereocenters. The van der Waals surface area contributed by atoms with Crippen molar-refractivity contribution in [3.05, 3.63) is 29.3 Å². The van der Waals surface area contributed by atoms with E-state index in [0.717, 1.165) is 16.9 Å². The Morgan fingerprint density at radius 3 is 2.68 bits per heavy atom. The third-order valence-electron chi connectivity index (χ3n) is 2.77. The van der Waals surface area contributed by atoms with E-state index in [1.54, 1.807) is 7.11 Å². The molecule has 0 aromatic heterocycles. The summed E-state index contributed by atoms with van der Waals surface area (Å²) in [6, 6.07) is 5.90. The number of methoxy groups -OCH3 is 1. The van der Waals surface area contributed by atoms with Gasteiger partial charge in [0.1, 0.15) is 5.75 Å². The first kappa shape index (κ1) is 15.0. The van der Waals surface area contributed by atoms with Crippen LogP contribution in [0.15, 0.2) is 18.2 Å². The summed E-state index contributed by atoms with van der Waals surface area (Å²) in [5.74, 6) is -0.366. The second-order valence-electron chi connectivity index (χ2n) is 4.30. The summed E-state index contributed by atoms with van der Waals surface area (Å²) < 4.78 is 5.23. The predicted molar refractivity (Wildman–Crippen MR) is 71.3 cm³/mol. The fourth-order valence-electron chi connectivity index (χ4n) is 1.68. The smallest absolute Gasteiger partial charge is 0.303 e. The monoisotopic (exact) mass is 265 g/mol. The van der Waals surface area contributed by atoms with Crippen LogP contribution in [0, 0.1) is 6.92 Å². The van der Waals surface area contributed by atoms with Gasteiger partial charge in [0.15, 0.2) is 0 Å². The van der Waals surface area contributed by atoms with Gasteiger partial charge >= 0.3 is 5.97 Å². The van der Waals surface area contributed by atoms with E-state index < -0.39 is 5.97 Å². The highest BCUT2D eigenvalue weighted by Crippen LogP contribution is 2.18. The van der Waals surface area contributed by atoms with Crippen LogP contribution in [-0.4, -0.2) is 30.6 Å². The lowest BCUT2D eigenvalue weighted by Crippen LogP contribution is -2.26. The molecule has 0 fully saturated rings. The van der Waals surface area contributed by atoms with E-state index in [-0.39, 0.29) is 18.7 Å². The predicted octanol–water partition coefficient (Wildman–Crippen LogP) is 1.53. The normalized spacial score (nSPS) is 10.0. The molecule has 1 aromatic rings. The number of carbonyl (C=O) groups excluding carboxylic acids is 1. The summed E-state index contributed by atoms with van der Waals surface area (Å²) >= 11 is 0. The third kappa shape index (κ3) is 5.42. The molecule has 1 aromatic carbocycles. The molecule has 0 saturated carbocycles. The number of carboxylic acids is 1. The van der Waals surface area contributed by atoms with Gasteiger partial charge in [-0.1, -0.05) is 12.1 Å². The van der Waals surface area contributed by atoms with Gasteiger partial charge in [-0.3, -0.25) is 9.59 Å². The largest absolute Gasteiger partial charge is 0.496 e. The van der Waals surface area contributed by atoms with Crippen molar-refractivity contribution in [3.63, 3.8) is 0 Å². The Labute approximate surface area is 112 Å². The molecule has 0 aliphatic heterocycles. The Bertz CT molecular complexity index is 457. The number of amides is 1. The van der Waals surface area contributed by atoms with E-state index in [4.69, 9.17) is 9.84 Å². The van der Waals surface area contributed by atoms with Crippen molar-refractivity contribution < 1.29 is 19.4 Å². The number of aryl methyl sites for hydroxylation is 1. The topological polar surface area (TPSA) is 75.6 Å². The minimum absolute atomic E-state index is 0.0204. The van der Waals surface area contributed by atoms with Crippen LogP contribution < -0.4 is 10.1 Å². The van der Waals surface area contributed by atoms with E-state index >= 15 is 0 Å². The molecule has 19 heavy (non-hydrogen) atoms. The van der Waals surface area contributed by atoms with E-state index in [2.05, 4.69) is 5.32 Å². The van der Waals surface area contributed by atoms with Gasteiger partial charge in [0.25, 0.3) is 0 Å². The van der Waals surface area contributed by atoms with Crippen LogP contribution in [0.4, 0.5) is 0 Å². The third-order valence-corrected chi connectivity index (χ3v) is 2.77. The molecule has 0 heterocycles. The summed E-state index contributed by atoms with van der Waals surface area (Å²) in [5, 5.41) is 11.2. The van der Waals surface area contributed by atoms with Crippen molar-refractivity contribution in [3.8, 4) is 5.75 Å². The van der Waals surface area contributed by atoms with Crippen LogP contribution >= 0.6 is 0 Å². The van der Waals surface area contributed by atoms with Gasteiger partial charge < -0.3 is 15.2 Å². The van der Waals surface area contributed by atoms with Crippen molar-refractivity contribution in [1.29, 1.82) is 0 Å². The molecule has 1 rings (SSSR count). The Morgan fingerprint density at radius 1 is 1.32 bits per heavy atom. The minimum Gasteiger partial charge on any atom is -0.496 e. The van der Waals surface area contributed by atoms with Crippen LogP contribution in [0.2, 0.25) is 0 Å². The van der Waals surface area contributed by atoms with Gasteiger partial charge in [-0.15, -0.1) is 0 Å². The van der Waals surface area contributed by atoms with Gasteiger partial charge in [0.05, 0.1) is 13.5 Å². The van der Waals surface area contributed by atoms with Crippen LogP contribution in [0.1, 0.15) is 24.0 Å². The van der Waals surface area contributed by atoms with Crippen LogP contribution in [0.3, 0.4) is 0 Å². The average molecular weight is 265 g/mol. The van der Waals surface area contributed by atoms with Crippen LogP contribution in [-0.2, 0) is 16.0 Å². The van der Waals surface area contributed by atoms with Crippen molar-refractivity contribution >= 4 is 11.9 Å². The van der Waals surface area contributed by atoms with Gasteiger partial charge in [-0.2, -0.15) is 0 Å². The molecule has 104 valence electrons. The SMILES string of the molecule is COc1cc(CCNC(=O)CCC(=O)O)ccc1C. The van der Waals surface area contributed by atoms with Crippen molar-refractivity contribution in [2.24, 2.45) is 0 Å². The van der Waals surface area contributed by atoms with Gasteiger partial charge in [-0.25, -0.2) is 0 Å². The van der Waals surface area contributed by atoms with Crippen molar-refractivity contribution in [1.82, 2.24) is 5.32 Å². The first-order valence-corrected chi connectivity index (χ1v) is 6.15. The number of carboxylic acid groups (broad SMARTS) is 1. The number of benzene rings is 1. The van der Waals surface area contributed by atoms with Gasteiger partial charge in [0, 0.05) is 13.0 Å². The zero-order chi connectivity index (χ0) is 14.3. The Balaban J connectivity index is 2.36. The number of hydrogen-bond donors (Lipinski definition) is 2. The average Bonchev–Trinajstić information content (AvgIpc) is 2.38. The highest BCUT2D eigenvalue weighted by atomic mass is 16.5. The van der Waals surface area contributed by atoms with Crippen molar-refractivity contribution in [2.75, 3.05) is 13.7 Å². The fraction of sp³-hybridized carbons (Fsp3) is 0.429. The first-order valence-electron chi connectivity index (χ1n) is 6.15. The van der Waals surface area contributed by atoms with Gasteiger partial charge in [0.2, 0.25) is 5.91 Å². The lowest BCUT2D eigenvalue weighted by atomic mass is 10.1.